The van der Waals surface area contributed by atoms with E-state index in [1.807, 2.05) is 0 Å². The molecule has 0 radical (unpaired) electrons. The zero-order chi connectivity index (χ0) is 18.5. The summed E-state index contributed by atoms with van der Waals surface area (Å²) in [7, 11) is 0. The molecule has 27 heavy (non-hydrogen) atoms. The lowest BCUT2D eigenvalue weighted by Gasteiger charge is -2.02. The normalized spacial score (nSPS) is 10.9. The summed E-state index contributed by atoms with van der Waals surface area (Å²) in [5.41, 5.74) is 8.71. The molecule has 2 rings (SSSR count). The number of hydrogen-bond donors (Lipinski definition) is 2. The van der Waals surface area contributed by atoms with Crippen LogP contribution in [0.2, 0.25) is 0 Å². The third kappa shape index (κ3) is 9.48. The molecule has 0 spiro atoms. The van der Waals surface area contributed by atoms with Gasteiger partial charge in [-0.1, -0.05) is 64.4 Å². The quantitative estimate of drug-likeness (QED) is 0.339. The minimum Gasteiger partial charge on any atom is -0.424 e. The average molecular weight is 396 g/mol. The summed E-state index contributed by atoms with van der Waals surface area (Å²) < 4.78 is 5.77. The second kappa shape index (κ2) is 14.8. The van der Waals surface area contributed by atoms with Crippen LogP contribution >= 0.6 is 12.4 Å². The van der Waals surface area contributed by atoms with Gasteiger partial charge < -0.3 is 15.5 Å². The maximum atomic E-state index is 5.77. The number of fused-ring (bicyclic) bond motifs is 1. The number of benzene rings is 1. The van der Waals surface area contributed by atoms with Crippen molar-refractivity contribution in [3.05, 3.63) is 23.8 Å². The predicted octanol–water partition coefficient (Wildman–Crippen LogP) is 6.47. The number of nitrogens with two attached hydrogens (primary N) is 1. The van der Waals surface area contributed by atoms with Crippen LogP contribution in [-0.4, -0.2) is 18.1 Å². The van der Waals surface area contributed by atoms with E-state index in [-0.39, 0.29) is 12.4 Å². The first-order valence-electron chi connectivity index (χ1n) is 10.7. The standard InChI is InChI=1S/C22H37N3O.ClH/c1-2-3-4-5-6-7-8-10-13-19-14-15-21-20(18-19)25-22(26-21)24-17-12-9-11-16-23;/h14-15,18H,2-13,16-17,23H2,1H3,(H,24,25);1H. The highest BCUT2D eigenvalue weighted by atomic mass is 35.5. The van der Waals surface area contributed by atoms with E-state index in [9.17, 15) is 0 Å². The van der Waals surface area contributed by atoms with Crippen LogP contribution < -0.4 is 11.1 Å². The Kier molecular flexibility index (Phi) is 13.0. The molecule has 0 saturated carbocycles. The number of hydrogen-bond acceptors (Lipinski definition) is 4. The van der Waals surface area contributed by atoms with Crippen LogP contribution in [-0.2, 0) is 6.42 Å². The van der Waals surface area contributed by atoms with Gasteiger partial charge in [0.05, 0.1) is 0 Å². The molecule has 0 atom stereocenters. The zero-order valence-electron chi connectivity index (χ0n) is 17.0. The smallest absolute Gasteiger partial charge is 0.295 e. The Morgan fingerprint density at radius 1 is 0.926 bits per heavy atom. The molecule has 5 heteroatoms. The zero-order valence-corrected chi connectivity index (χ0v) is 17.8. The fraction of sp³-hybridized carbons (Fsp3) is 0.682. The molecule has 0 saturated heterocycles. The van der Waals surface area contributed by atoms with E-state index in [1.165, 1.54) is 56.9 Å². The molecule has 0 aliphatic rings. The first-order chi connectivity index (χ1) is 12.8. The van der Waals surface area contributed by atoms with E-state index in [2.05, 4.69) is 35.4 Å². The summed E-state index contributed by atoms with van der Waals surface area (Å²) >= 11 is 0. The highest BCUT2D eigenvalue weighted by Crippen LogP contribution is 2.21. The Labute approximate surface area is 171 Å². The largest absolute Gasteiger partial charge is 0.424 e. The van der Waals surface area contributed by atoms with Gasteiger partial charge in [0.1, 0.15) is 5.52 Å². The van der Waals surface area contributed by atoms with Gasteiger partial charge in [-0.05, 0) is 49.9 Å². The first kappa shape index (κ1) is 23.8. The lowest BCUT2D eigenvalue weighted by Crippen LogP contribution is -2.03. The maximum absolute atomic E-state index is 5.77. The van der Waals surface area contributed by atoms with Gasteiger partial charge in [-0.15, -0.1) is 12.4 Å². The summed E-state index contributed by atoms with van der Waals surface area (Å²) in [5.74, 6) is 0. The molecular weight excluding hydrogens is 358 g/mol. The van der Waals surface area contributed by atoms with E-state index in [1.54, 1.807) is 0 Å². The van der Waals surface area contributed by atoms with Crippen LogP contribution in [0.15, 0.2) is 22.6 Å². The third-order valence-electron chi connectivity index (χ3n) is 4.93. The van der Waals surface area contributed by atoms with Crippen LogP contribution in [0.1, 0.15) is 83.1 Å². The minimum absolute atomic E-state index is 0. The number of oxazole rings is 1. The van der Waals surface area contributed by atoms with Crippen LogP contribution in [0.5, 0.6) is 0 Å². The molecule has 4 nitrogen and oxygen atoms in total. The van der Waals surface area contributed by atoms with Crippen molar-refractivity contribution >= 4 is 29.5 Å². The van der Waals surface area contributed by atoms with Gasteiger partial charge in [0, 0.05) is 6.54 Å². The Hall–Kier alpha value is -1.26. The molecule has 0 unspecified atom stereocenters. The number of aromatic nitrogens is 1. The summed E-state index contributed by atoms with van der Waals surface area (Å²) in [5, 5.41) is 3.27. The number of nitrogens with one attached hydrogen (secondary N) is 1. The monoisotopic (exact) mass is 395 g/mol. The van der Waals surface area contributed by atoms with Gasteiger partial charge in [0.25, 0.3) is 6.01 Å². The van der Waals surface area contributed by atoms with E-state index < -0.39 is 0 Å². The summed E-state index contributed by atoms with van der Waals surface area (Å²) in [6.07, 6.45) is 15.4. The Morgan fingerprint density at radius 3 is 2.37 bits per heavy atom. The lowest BCUT2D eigenvalue weighted by atomic mass is 10.0. The molecular formula is C22H38ClN3O. The van der Waals surface area contributed by atoms with Crippen LogP contribution in [0.4, 0.5) is 6.01 Å². The molecule has 1 aromatic carbocycles. The summed E-state index contributed by atoms with van der Waals surface area (Å²) in [6.45, 7) is 3.93. The molecule has 1 aromatic heterocycles. The van der Waals surface area contributed by atoms with Crippen molar-refractivity contribution in [1.82, 2.24) is 4.98 Å². The van der Waals surface area contributed by atoms with Crippen molar-refractivity contribution in [2.24, 2.45) is 5.73 Å². The van der Waals surface area contributed by atoms with Crippen LogP contribution in [0.25, 0.3) is 11.1 Å². The predicted molar refractivity (Wildman–Crippen MR) is 119 cm³/mol. The van der Waals surface area contributed by atoms with Crippen molar-refractivity contribution in [2.45, 2.75) is 84.0 Å². The second-order valence-electron chi connectivity index (χ2n) is 7.32. The number of aryl methyl sites for hydroxylation is 1. The van der Waals surface area contributed by atoms with Crippen LogP contribution in [0, 0.1) is 0 Å². The van der Waals surface area contributed by atoms with E-state index in [4.69, 9.17) is 10.2 Å². The van der Waals surface area contributed by atoms with Crippen molar-refractivity contribution < 1.29 is 4.42 Å². The average Bonchev–Trinajstić information content (AvgIpc) is 3.06. The van der Waals surface area contributed by atoms with Crippen LogP contribution in [0.3, 0.4) is 0 Å². The fourth-order valence-electron chi connectivity index (χ4n) is 3.31. The Bertz CT molecular complexity index is 615. The van der Waals surface area contributed by atoms with E-state index in [0.29, 0.717) is 6.01 Å². The van der Waals surface area contributed by atoms with Gasteiger partial charge in [-0.2, -0.15) is 4.98 Å². The van der Waals surface area contributed by atoms with Gasteiger partial charge >= 0.3 is 0 Å². The number of halogens is 1. The van der Waals surface area contributed by atoms with Crippen molar-refractivity contribution in [3.8, 4) is 0 Å². The minimum atomic E-state index is 0. The van der Waals surface area contributed by atoms with Crippen molar-refractivity contribution in [3.63, 3.8) is 0 Å². The molecule has 154 valence electrons. The third-order valence-corrected chi connectivity index (χ3v) is 4.93. The van der Waals surface area contributed by atoms with E-state index in [0.717, 1.165) is 49.9 Å². The fourth-order valence-corrected chi connectivity index (χ4v) is 3.31. The number of rotatable bonds is 15. The molecule has 0 aliphatic carbocycles. The summed E-state index contributed by atoms with van der Waals surface area (Å²) in [6, 6.07) is 7.05. The highest BCUT2D eigenvalue weighted by molar-refractivity contribution is 5.85. The SMILES string of the molecule is CCCCCCCCCCc1ccc2oc(NCCCCCN)nc2c1.Cl. The molecule has 0 aliphatic heterocycles. The Morgan fingerprint density at radius 2 is 1.63 bits per heavy atom. The second-order valence-corrected chi connectivity index (χ2v) is 7.32. The molecule has 0 fully saturated rings. The van der Waals surface area contributed by atoms with E-state index >= 15 is 0 Å². The topological polar surface area (TPSA) is 64.1 Å². The molecule has 0 amide bonds. The Balaban J connectivity index is 0.00000364. The molecule has 3 N–H and O–H groups in total. The van der Waals surface area contributed by atoms with Gasteiger partial charge in [0.2, 0.25) is 0 Å². The van der Waals surface area contributed by atoms with Crippen molar-refractivity contribution in [1.29, 1.82) is 0 Å². The van der Waals surface area contributed by atoms with Gasteiger partial charge in [0.15, 0.2) is 5.58 Å². The molecule has 1 heterocycles. The highest BCUT2D eigenvalue weighted by Gasteiger charge is 2.06. The lowest BCUT2D eigenvalue weighted by molar-refractivity contribution is 0.575. The number of anilines is 1. The first-order valence-corrected chi connectivity index (χ1v) is 10.7. The summed E-state index contributed by atoms with van der Waals surface area (Å²) in [4.78, 5) is 4.57. The molecule has 0 bridgehead atoms. The maximum Gasteiger partial charge on any atom is 0.295 e. The van der Waals surface area contributed by atoms with Gasteiger partial charge in [-0.3, -0.25) is 0 Å². The number of nitrogens with zero attached hydrogens (tertiary/aromatic N) is 1. The van der Waals surface area contributed by atoms with Crippen molar-refractivity contribution in [2.75, 3.05) is 18.4 Å². The molecule has 2 aromatic rings. The number of unbranched alkanes of at least 4 members (excludes halogenated alkanes) is 9. The van der Waals surface area contributed by atoms with Gasteiger partial charge in [-0.25, -0.2) is 0 Å².